The number of rotatable bonds is 4. The first kappa shape index (κ1) is 18.3. The highest BCUT2D eigenvalue weighted by atomic mass is 35.5. The van der Waals surface area contributed by atoms with Gasteiger partial charge < -0.3 is 4.74 Å². The van der Waals surface area contributed by atoms with E-state index in [1.807, 2.05) is 0 Å². The first-order chi connectivity index (χ1) is 14.0. The van der Waals surface area contributed by atoms with Gasteiger partial charge in [0.15, 0.2) is 0 Å². The molecule has 1 fully saturated rings. The van der Waals surface area contributed by atoms with Crippen LogP contribution in [0.4, 0.5) is 8.78 Å². The maximum Gasteiger partial charge on any atom is 0.346 e. The fraction of sp³-hybridized carbons (Fsp3) is 0.350. The summed E-state index contributed by atoms with van der Waals surface area (Å²) in [5.41, 5.74) is 0.204. The molecule has 3 heterocycles. The molecule has 0 spiro atoms. The Morgan fingerprint density at radius 3 is 2.62 bits per heavy atom. The Balaban J connectivity index is 1.34. The van der Waals surface area contributed by atoms with E-state index in [9.17, 15) is 13.6 Å². The van der Waals surface area contributed by atoms with Crippen molar-refractivity contribution in [3.63, 3.8) is 0 Å². The average molecular weight is 419 g/mol. The number of nitrogens with zero attached hydrogens (tertiary/aromatic N) is 4. The Hall–Kier alpha value is -2.74. The van der Waals surface area contributed by atoms with Crippen molar-refractivity contribution in [2.75, 3.05) is 0 Å². The third-order valence-electron chi connectivity index (χ3n) is 5.54. The summed E-state index contributed by atoms with van der Waals surface area (Å²) in [6, 6.07) is 6.30. The zero-order valence-corrected chi connectivity index (χ0v) is 16.0. The molecule has 0 saturated heterocycles. The Bertz CT molecular complexity index is 1120. The van der Waals surface area contributed by atoms with Crippen LogP contribution in [0.3, 0.4) is 0 Å². The van der Waals surface area contributed by atoms with Gasteiger partial charge in [0.1, 0.15) is 34.5 Å². The van der Waals surface area contributed by atoms with E-state index in [0.717, 1.165) is 6.07 Å². The van der Waals surface area contributed by atoms with Crippen molar-refractivity contribution in [3.05, 3.63) is 75.2 Å². The van der Waals surface area contributed by atoms with Gasteiger partial charge in [0.2, 0.25) is 0 Å². The normalized spacial score (nSPS) is 22.9. The van der Waals surface area contributed by atoms with Crippen LogP contribution in [0.15, 0.2) is 41.3 Å². The summed E-state index contributed by atoms with van der Waals surface area (Å²) in [5.74, 6) is -0.00976. The Labute approximate surface area is 169 Å². The second-order valence-electron chi connectivity index (χ2n) is 7.45. The molecule has 0 unspecified atom stereocenters. The summed E-state index contributed by atoms with van der Waals surface area (Å²) < 4.78 is 36.2. The SMILES string of the molecule is O=c1n2c(nn1[C@H]1C[C@H](Oc3ccnc(Cl)c3)C1)CC[C@H]2c1cc(F)cc(F)c1. The summed E-state index contributed by atoms with van der Waals surface area (Å²) in [5, 5.41) is 4.84. The molecule has 2 aromatic heterocycles. The van der Waals surface area contributed by atoms with Crippen LogP contribution in [0, 0.1) is 11.6 Å². The molecule has 0 radical (unpaired) electrons. The van der Waals surface area contributed by atoms with Crippen molar-refractivity contribution in [1.29, 1.82) is 0 Å². The average Bonchev–Trinajstić information content (AvgIpc) is 3.18. The quantitative estimate of drug-likeness (QED) is 0.606. The number of aromatic nitrogens is 4. The van der Waals surface area contributed by atoms with E-state index in [-0.39, 0.29) is 17.8 Å². The lowest BCUT2D eigenvalue weighted by atomic mass is 9.89. The van der Waals surface area contributed by atoms with E-state index in [4.69, 9.17) is 16.3 Å². The van der Waals surface area contributed by atoms with Crippen LogP contribution >= 0.6 is 11.6 Å². The van der Waals surface area contributed by atoms with Crippen LogP contribution < -0.4 is 10.4 Å². The predicted octanol–water partition coefficient (Wildman–Crippen LogP) is 3.69. The minimum Gasteiger partial charge on any atom is -0.490 e. The standard InChI is InChI=1S/C20H17ClF2N4O2/c21-18-10-15(3-4-24-18)29-16-8-14(9-16)27-20(28)26-17(1-2-19(26)25-27)11-5-12(22)7-13(23)6-11/h3-7,10,14,16-17H,1-2,8-9H2/t14-,16-,17-/m0/s1. The molecule has 0 amide bonds. The van der Waals surface area contributed by atoms with Gasteiger partial charge in [-0.1, -0.05) is 11.6 Å². The monoisotopic (exact) mass is 418 g/mol. The third-order valence-corrected chi connectivity index (χ3v) is 5.75. The molecular weight excluding hydrogens is 402 g/mol. The van der Waals surface area contributed by atoms with Gasteiger partial charge in [-0.2, -0.15) is 5.10 Å². The van der Waals surface area contributed by atoms with Gasteiger partial charge in [0.25, 0.3) is 0 Å². The van der Waals surface area contributed by atoms with Crippen molar-refractivity contribution in [2.24, 2.45) is 0 Å². The number of halogens is 3. The third kappa shape index (κ3) is 3.31. The van der Waals surface area contributed by atoms with Gasteiger partial charge in [-0.15, -0.1) is 0 Å². The number of ether oxygens (including phenoxy) is 1. The molecule has 1 aliphatic heterocycles. The molecule has 5 rings (SSSR count). The molecule has 1 aromatic carbocycles. The first-order valence-electron chi connectivity index (χ1n) is 9.42. The van der Waals surface area contributed by atoms with Crippen LogP contribution in [0.2, 0.25) is 5.15 Å². The molecular formula is C20H17ClF2N4O2. The smallest absolute Gasteiger partial charge is 0.346 e. The Morgan fingerprint density at radius 1 is 1.14 bits per heavy atom. The Kier molecular flexibility index (Phi) is 4.38. The van der Waals surface area contributed by atoms with Crippen LogP contribution in [0.25, 0.3) is 0 Å². The van der Waals surface area contributed by atoms with E-state index in [2.05, 4.69) is 10.1 Å². The molecule has 9 heteroatoms. The van der Waals surface area contributed by atoms with E-state index in [1.165, 1.54) is 16.8 Å². The summed E-state index contributed by atoms with van der Waals surface area (Å²) in [6.45, 7) is 0. The van der Waals surface area contributed by atoms with Crippen molar-refractivity contribution in [2.45, 2.75) is 43.9 Å². The minimum absolute atomic E-state index is 0.0324. The van der Waals surface area contributed by atoms with E-state index < -0.39 is 17.7 Å². The van der Waals surface area contributed by atoms with Crippen molar-refractivity contribution in [3.8, 4) is 5.75 Å². The lowest BCUT2D eigenvalue weighted by molar-refractivity contribution is 0.0622. The molecule has 3 aromatic rings. The lowest BCUT2D eigenvalue weighted by Gasteiger charge is -2.34. The second kappa shape index (κ2) is 6.95. The zero-order valence-electron chi connectivity index (χ0n) is 15.3. The van der Waals surface area contributed by atoms with Crippen molar-refractivity contribution < 1.29 is 13.5 Å². The molecule has 0 N–H and O–H groups in total. The summed E-state index contributed by atoms with van der Waals surface area (Å²) >= 11 is 5.86. The summed E-state index contributed by atoms with van der Waals surface area (Å²) in [6.07, 6.45) is 4.03. The molecule has 6 nitrogen and oxygen atoms in total. The van der Waals surface area contributed by atoms with Gasteiger partial charge in [0.05, 0.1) is 12.1 Å². The first-order valence-corrected chi connectivity index (χ1v) is 9.80. The van der Waals surface area contributed by atoms with Crippen LogP contribution in [0.5, 0.6) is 5.75 Å². The number of pyridine rings is 1. The largest absolute Gasteiger partial charge is 0.490 e. The lowest BCUT2D eigenvalue weighted by Crippen LogP contribution is -2.41. The molecule has 29 heavy (non-hydrogen) atoms. The summed E-state index contributed by atoms with van der Waals surface area (Å²) in [4.78, 5) is 16.9. The maximum absolute atomic E-state index is 13.6. The molecule has 1 saturated carbocycles. The van der Waals surface area contributed by atoms with Crippen molar-refractivity contribution >= 4 is 11.6 Å². The van der Waals surface area contributed by atoms with Gasteiger partial charge in [-0.25, -0.2) is 23.2 Å². The number of benzene rings is 1. The van der Waals surface area contributed by atoms with E-state index >= 15 is 0 Å². The Morgan fingerprint density at radius 2 is 1.90 bits per heavy atom. The zero-order chi connectivity index (χ0) is 20.1. The van der Waals surface area contributed by atoms with Gasteiger partial charge in [0, 0.05) is 37.6 Å². The van der Waals surface area contributed by atoms with E-state index in [0.29, 0.717) is 48.0 Å². The van der Waals surface area contributed by atoms with Crippen LogP contribution in [0.1, 0.15) is 42.7 Å². The van der Waals surface area contributed by atoms with Crippen molar-refractivity contribution in [1.82, 2.24) is 19.3 Å². The fourth-order valence-corrected chi connectivity index (χ4v) is 4.28. The molecule has 2 aliphatic rings. The molecule has 1 atom stereocenters. The second-order valence-corrected chi connectivity index (χ2v) is 7.84. The number of aryl methyl sites for hydroxylation is 1. The highest BCUT2D eigenvalue weighted by Gasteiger charge is 2.37. The van der Waals surface area contributed by atoms with Crippen LogP contribution in [-0.2, 0) is 6.42 Å². The van der Waals surface area contributed by atoms with E-state index in [1.54, 1.807) is 22.9 Å². The van der Waals surface area contributed by atoms with Gasteiger partial charge in [-0.05, 0) is 30.2 Å². The van der Waals surface area contributed by atoms with Gasteiger partial charge in [-0.3, -0.25) is 4.57 Å². The molecule has 150 valence electrons. The molecule has 1 aliphatic carbocycles. The topological polar surface area (TPSA) is 61.9 Å². The highest BCUT2D eigenvalue weighted by Crippen LogP contribution is 2.36. The fourth-order valence-electron chi connectivity index (χ4n) is 4.12. The number of hydrogen-bond acceptors (Lipinski definition) is 4. The predicted molar refractivity (Wildman–Crippen MR) is 101 cm³/mol. The number of hydrogen-bond donors (Lipinski definition) is 0. The van der Waals surface area contributed by atoms with Gasteiger partial charge >= 0.3 is 5.69 Å². The number of fused-ring (bicyclic) bond motifs is 1. The minimum atomic E-state index is -0.649. The highest BCUT2D eigenvalue weighted by molar-refractivity contribution is 6.29. The maximum atomic E-state index is 13.6. The summed E-state index contributed by atoms with van der Waals surface area (Å²) in [7, 11) is 0. The molecule has 0 bridgehead atoms. The van der Waals surface area contributed by atoms with Crippen LogP contribution in [-0.4, -0.2) is 25.4 Å².